The van der Waals surface area contributed by atoms with Gasteiger partial charge in [0, 0.05) is 13.2 Å². The summed E-state index contributed by atoms with van der Waals surface area (Å²) in [6, 6.07) is 0. The van der Waals surface area contributed by atoms with E-state index in [0.29, 0.717) is 0 Å². The molecule has 0 aliphatic heterocycles. The molecule has 0 rings (SSSR count). The lowest BCUT2D eigenvalue weighted by molar-refractivity contribution is 0.162. The lowest BCUT2D eigenvalue weighted by Crippen LogP contribution is -1.85. The molecular weight excluding hydrogens is 172 g/mol. The van der Waals surface area contributed by atoms with E-state index in [1.165, 1.54) is 0 Å². The van der Waals surface area contributed by atoms with E-state index < -0.39 is 0 Å². The van der Waals surface area contributed by atoms with Gasteiger partial charge in [0.2, 0.25) is 0 Å². The molecular formula is C8H24O3Si. The Morgan fingerprint density at radius 1 is 1.00 bits per heavy atom. The molecule has 12 heavy (non-hydrogen) atoms. The minimum Gasteiger partial charge on any atom is -0.394 e. The minimum absolute atomic E-state index is 0. The maximum Gasteiger partial charge on any atom is 0.0662 e. The summed E-state index contributed by atoms with van der Waals surface area (Å²) >= 11 is 0. The van der Waals surface area contributed by atoms with E-state index in [4.69, 9.17) is 14.9 Å². The normalized spacial score (nSPS) is 6.33. The standard InChI is InChI=1S/C4H10O.C2H6O2.C2H4.H4Si/c1-3-5-4-2;3-1-2-4;1-2;/h3-4H2,1-2H3;3-4H,1-2H2;1-2H2;1H4. The van der Waals surface area contributed by atoms with Gasteiger partial charge in [-0.05, 0) is 24.8 Å². The Morgan fingerprint density at radius 3 is 1.25 bits per heavy atom. The molecule has 0 fully saturated rings. The second-order valence-corrected chi connectivity index (χ2v) is 1.23. The Morgan fingerprint density at radius 2 is 1.25 bits per heavy atom. The third kappa shape index (κ3) is 95.4. The summed E-state index contributed by atoms with van der Waals surface area (Å²) in [5, 5.41) is 15.2. The van der Waals surface area contributed by atoms with Crippen molar-refractivity contribution in [1.29, 1.82) is 0 Å². The summed E-state index contributed by atoms with van der Waals surface area (Å²) in [5.74, 6) is 0. The summed E-state index contributed by atoms with van der Waals surface area (Å²) in [7, 11) is 0. The average Bonchev–Trinajstić information content (AvgIpc) is 2.10. The van der Waals surface area contributed by atoms with Crippen LogP contribution < -0.4 is 0 Å². The van der Waals surface area contributed by atoms with Gasteiger partial charge >= 0.3 is 0 Å². The molecule has 0 atom stereocenters. The summed E-state index contributed by atoms with van der Waals surface area (Å²) in [5.41, 5.74) is 0. The number of ether oxygens (including phenoxy) is 1. The van der Waals surface area contributed by atoms with E-state index in [1.807, 2.05) is 13.8 Å². The summed E-state index contributed by atoms with van der Waals surface area (Å²) < 4.78 is 4.83. The first-order chi connectivity index (χ1) is 5.33. The molecule has 0 saturated heterocycles. The van der Waals surface area contributed by atoms with Crippen LogP contribution in [0.25, 0.3) is 0 Å². The lowest BCUT2D eigenvalue weighted by Gasteiger charge is -1.86. The number of hydrogen-bond donors (Lipinski definition) is 2. The predicted octanol–water partition coefficient (Wildman–Crippen LogP) is -0.636. The highest BCUT2D eigenvalue weighted by atomic mass is 28.1. The van der Waals surface area contributed by atoms with Gasteiger partial charge in [0.25, 0.3) is 0 Å². The van der Waals surface area contributed by atoms with E-state index in [0.717, 1.165) is 13.2 Å². The fraction of sp³-hybridized carbons (Fsp3) is 0.750. The fourth-order valence-electron chi connectivity index (χ4n) is 0.204. The quantitative estimate of drug-likeness (QED) is 0.466. The number of rotatable bonds is 3. The van der Waals surface area contributed by atoms with Gasteiger partial charge in [-0.2, -0.15) is 0 Å². The topological polar surface area (TPSA) is 49.7 Å². The van der Waals surface area contributed by atoms with Gasteiger partial charge in [0.15, 0.2) is 0 Å². The molecule has 3 nitrogen and oxygen atoms in total. The number of aliphatic hydroxyl groups excluding tert-OH is 2. The summed E-state index contributed by atoms with van der Waals surface area (Å²) in [6.07, 6.45) is 0. The van der Waals surface area contributed by atoms with Gasteiger partial charge in [-0.25, -0.2) is 0 Å². The molecule has 0 aliphatic carbocycles. The van der Waals surface area contributed by atoms with Crippen LogP contribution in [-0.4, -0.2) is 47.6 Å². The highest BCUT2D eigenvalue weighted by Crippen LogP contribution is 1.64. The van der Waals surface area contributed by atoms with Crippen molar-refractivity contribution < 1.29 is 14.9 Å². The summed E-state index contributed by atoms with van der Waals surface area (Å²) in [4.78, 5) is 0. The van der Waals surface area contributed by atoms with Gasteiger partial charge in [-0.1, -0.05) is 0 Å². The van der Waals surface area contributed by atoms with Crippen LogP contribution in [0.2, 0.25) is 0 Å². The van der Waals surface area contributed by atoms with Gasteiger partial charge in [0.05, 0.1) is 13.2 Å². The van der Waals surface area contributed by atoms with Crippen LogP contribution in [-0.2, 0) is 4.74 Å². The highest BCUT2D eigenvalue weighted by molar-refractivity contribution is 5.75. The Hall–Kier alpha value is -0.163. The third-order valence-corrected chi connectivity index (χ3v) is 0.508. The van der Waals surface area contributed by atoms with Crippen LogP contribution in [0.3, 0.4) is 0 Å². The number of hydrogen-bond acceptors (Lipinski definition) is 3. The average molecular weight is 196 g/mol. The molecule has 0 heterocycles. The van der Waals surface area contributed by atoms with Crippen molar-refractivity contribution in [1.82, 2.24) is 0 Å². The van der Waals surface area contributed by atoms with Crippen LogP contribution in [0.15, 0.2) is 13.2 Å². The first-order valence-corrected chi connectivity index (χ1v) is 3.62. The molecule has 0 unspecified atom stereocenters. The zero-order chi connectivity index (χ0) is 9.54. The smallest absolute Gasteiger partial charge is 0.0662 e. The molecule has 0 spiro atoms. The summed E-state index contributed by atoms with van der Waals surface area (Å²) in [6.45, 7) is 11.4. The second-order valence-electron chi connectivity index (χ2n) is 1.23. The highest BCUT2D eigenvalue weighted by Gasteiger charge is 1.64. The second kappa shape index (κ2) is 44.8. The van der Waals surface area contributed by atoms with Crippen molar-refractivity contribution in [3.05, 3.63) is 13.2 Å². The third-order valence-electron chi connectivity index (χ3n) is 0.508. The Balaban J connectivity index is -0.0000000419. The first-order valence-electron chi connectivity index (χ1n) is 3.62. The molecule has 4 heteroatoms. The maximum atomic E-state index is 7.62. The molecule has 2 N–H and O–H groups in total. The predicted molar refractivity (Wildman–Crippen MR) is 58.9 cm³/mol. The molecule has 0 aliphatic rings. The molecule has 0 radical (unpaired) electrons. The van der Waals surface area contributed by atoms with Crippen molar-refractivity contribution in [2.45, 2.75) is 13.8 Å². The molecule has 0 bridgehead atoms. The molecule has 0 amide bonds. The molecule has 0 aromatic heterocycles. The zero-order valence-electron chi connectivity index (χ0n) is 7.55. The van der Waals surface area contributed by atoms with E-state index in [2.05, 4.69) is 13.2 Å². The van der Waals surface area contributed by atoms with Crippen LogP contribution in [0, 0.1) is 0 Å². The zero-order valence-corrected chi connectivity index (χ0v) is 7.55. The van der Waals surface area contributed by atoms with Crippen LogP contribution >= 0.6 is 0 Å². The van der Waals surface area contributed by atoms with E-state index in [1.54, 1.807) is 0 Å². The molecule has 0 aromatic rings. The maximum absolute atomic E-state index is 7.62. The van der Waals surface area contributed by atoms with Crippen LogP contribution in [0.1, 0.15) is 13.8 Å². The van der Waals surface area contributed by atoms with Crippen molar-refractivity contribution in [2.75, 3.05) is 26.4 Å². The van der Waals surface area contributed by atoms with Crippen LogP contribution in [0.5, 0.6) is 0 Å². The first kappa shape index (κ1) is 22.6. The SMILES string of the molecule is C=C.CCOCC.OCCO.[SiH4]. The van der Waals surface area contributed by atoms with Gasteiger partial charge in [-0.3, -0.25) is 0 Å². The number of aliphatic hydroxyl groups is 2. The molecule has 78 valence electrons. The monoisotopic (exact) mass is 196 g/mol. The van der Waals surface area contributed by atoms with E-state index in [-0.39, 0.29) is 24.2 Å². The van der Waals surface area contributed by atoms with Gasteiger partial charge in [-0.15, -0.1) is 13.2 Å². The van der Waals surface area contributed by atoms with Crippen molar-refractivity contribution in [2.24, 2.45) is 0 Å². The van der Waals surface area contributed by atoms with Crippen molar-refractivity contribution in [3.63, 3.8) is 0 Å². The fourth-order valence-corrected chi connectivity index (χ4v) is 0.204. The van der Waals surface area contributed by atoms with Gasteiger partial charge < -0.3 is 14.9 Å². The Kier molecular flexibility index (Phi) is 84.5. The Labute approximate surface area is 80.1 Å². The largest absolute Gasteiger partial charge is 0.394 e. The van der Waals surface area contributed by atoms with E-state index in [9.17, 15) is 0 Å². The lowest BCUT2D eigenvalue weighted by atomic mass is 10.8. The van der Waals surface area contributed by atoms with Crippen molar-refractivity contribution in [3.8, 4) is 0 Å². The molecule has 0 aromatic carbocycles. The van der Waals surface area contributed by atoms with Crippen molar-refractivity contribution >= 4 is 11.0 Å². The van der Waals surface area contributed by atoms with Gasteiger partial charge in [0.1, 0.15) is 0 Å². The molecule has 0 saturated carbocycles. The van der Waals surface area contributed by atoms with Crippen LogP contribution in [0.4, 0.5) is 0 Å². The minimum atomic E-state index is -0.125. The van der Waals surface area contributed by atoms with E-state index >= 15 is 0 Å². The Bertz CT molecular complexity index is 41.3.